The molecule has 1 heterocycles. The Labute approximate surface area is 307 Å². The summed E-state index contributed by atoms with van der Waals surface area (Å²) in [6, 6.07) is 39.8. The van der Waals surface area contributed by atoms with Gasteiger partial charge in [0.05, 0.1) is 12.3 Å². The van der Waals surface area contributed by atoms with Crippen LogP contribution in [0.4, 0.5) is 0 Å². The molecule has 10 aromatic carbocycles. The highest BCUT2D eigenvalue weighted by Gasteiger charge is 2.20. The van der Waals surface area contributed by atoms with Crippen molar-refractivity contribution >= 4 is 75.8 Å². The minimum atomic E-state index is -0.534. The van der Waals surface area contributed by atoms with Gasteiger partial charge < -0.3 is 4.42 Å². The van der Waals surface area contributed by atoms with Crippen LogP contribution in [-0.2, 0) is 0 Å². The Bertz CT molecular complexity index is 3660. The highest BCUT2D eigenvalue weighted by molar-refractivity contribution is 6.24. The van der Waals surface area contributed by atoms with Crippen LogP contribution in [0, 0.1) is 0 Å². The van der Waals surface area contributed by atoms with E-state index in [0.717, 1.165) is 65.3 Å². The van der Waals surface area contributed by atoms with Crippen LogP contribution in [0.3, 0.4) is 0 Å². The van der Waals surface area contributed by atoms with Crippen molar-refractivity contribution < 1.29 is 16.8 Å². The fourth-order valence-electron chi connectivity index (χ4n) is 7.87. The van der Waals surface area contributed by atoms with Crippen LogP contribution in [0.15, 0.2) is 186 Å². The van der Waals surface area contributed by atoms with Crippen molar-refractivity contribution in [3.63, 3.8) is 0 Å². The number of hydrogen-bond acceptors (Lipinski definition) is 1. The third-order valence-corrected chi connectivity index (χ3v) is 10.1. The molecule has 0 unspecified atom stereocenters. The maximum Gasteiger partial charge on any atom is 0.136 e. The second-order valence-electron chi connectivity index (χ2n) is 12.9. The number of fused-ring (bicyclic) bond motifs is 8. The SMILES string of the molecule is [2H]c1c([2H])c(-c2cc(-c3c4ccccc4c(-c4ccc5ccccc5c4)c4ccccc34)c3ccccc3c2)c2c(oc3c([2H])c4c([2H])c([2H])c([2H])c([2H])c4c([2H])c32)c1[2H]. The molecule has 0 bridgehead atoms. The van der Waals surface area contributed by atoms with Crippen LogP contribution in [0.5, 0.6) is 0 Å². The van der Waals surface area contributed by atoms with Crippen molar-refractivity contribution in [1.82, 2.24) is 0 Å². The Balaban J connectivity index is 1.28. The Kier molecular flexibility index (Phi) is 4.43. The molecule has 0 saturated carbocycles. The molecular formula is C50H30O. The Morgan fingerprint density at radius 1 is 0.373 bits per heavy atom. The van der Waals surface area contributed by atoms with Crippen molar-refractivity contribution in [3.8, 4) is 33.4 Å². The van der Waals surface area contributed by atoms with E-state index in [1.807, 2.05) is 54.6 Å². The van der Waals surface area contributed by atoms with Crippen LogP contribution < -0.4 is 0 Å². The van der Waals surface area contributed by atoms with Gasteiger partial charge in [-0.15, -0.1) is 0 Å². The van der Waals surface area contributed by atoms with E-state index in [-0.39, 0.29) is 62.4 Å². The van der Waals surface area contributed by atoms with Crippen LogP contribution in [0.25, 0.3) is 109 Å². The number of rotatable bonds is 3. The van der Waals surface area contributed by atoms with Crippen molar-refractivity contribution in [3.05, 3.63) is 182 Å². The molecule has 236 valence electrons. The summed E-state index contributed by atoms with van der Waals surface area (Å²) < 4.78 is 86.3. The van der Waals surface area contributed by atoms with Crippen LogP contribution in [0.1, 0.15) is 12.3 Å². The average Bonchev–Trinajstić information content (AvgIpc) is 3.68. The third-order valence-electron chi connectivity index (χ3n) is 10.1. The van der Waals surface area contributed by atoms with E-state index < -0.39 is 30.2 Å². The molecule has 0 aliphatic carbocycles. The van der Waals surface area contributed by atoms with Crippen molar-refractivity contribution in [1.29, 1.82) is 0 Å². The van der Waals surface area contributed by atoms with Crippen LogP contribution in [-0.4, -0.2) is 0 Å². The van der Waals surface area contributed by atoms with E-state index in [1.54, 1.807) is 0 Å². The molecule has 0 N–H and O–H groups in total. The Morgan fingerprint density at radius 3 is 1.73 bits per heavy atom. The lowest BCUT2D eigenvalue weighted by molar-refractivity contribution is 0.669. The standard InChI is InChI=1S/C50H30O/c1-2-13-32-26-36(25-24-31(32)12-1)48-40-18-7-9-20-42(40)49(43-21-10-8-19-41(43)48)44-29-37(27-35-16-5-6-17-38(35)44)39-22-11-23-46-50(39)45-28-33-14-3-4-15-34(33)30-47(45)51-46/h1-30H/i3D,4D,11D,14D,15D,22D,23D,28D,30D. The van der Waals surface area contributed by atoms with E-state index in [1.165, 1.54) is 0 Å². The van der Waals surface area contributed by atoms with Crippen molar-refractivity contribution in [2.45, 2.75) is 0 Å². The molecule has 1 heteroatoms. The lowest BCUT2D eigenvalue weighted by Crippen LogP contribution is -1.92. The molecule has 1 nitrogen and oxygen atoms in total. The van der Waals surface area contributed by atoms with Gasteiger partial charge >= 0.3 is 0 Å². The summed E-state index contributed by atoms with van der Waals surface area (Å²) in [6.07, 6.45) is 0. The lowest BCUT2D eigenvalue weighted by Gasteiger charge is -2.20. The van der Waals surface area contributed by atoms with Crippen molar-refractivity contribution in [2.24, 2.45) is 0 Å². The zero-order valence-corrected chi connectivity index (χ0v) is 27.0. The second-order valence-corrected chi connectivity index (χ2v) is 12.9. The first-order chi connectivity index (χ1) is 29.0. The molecular weight excluding hydrogens is 617 g/mol. The summed E-state index contributed by atoms with van der Waals surface area (Å²) in [4.78, 5) is 0. The van der Waals surface area contributed by atoms with Gasteiger partial charge in [0.1, 0.15) is 11.2 Å². The molecule has 0 amide bonds. The average molecular weight is 656 g/mol. The fraction of sp³-hybridized carbons (Fsp3) is 0. The quantitative estimate of drug-likeness (QED) is 0.173. The summed E-state index contributed by atoms with van der Waals surface area (Å²) in [7, 11) is 0. The summed E-state index contributed by atoms with van der Waals surface area (Å²) >= 11 is 0. The first-order valence-corrected chi connectivity index (χ1v) is 16.9. The zero-order valence-electron chi connectivity index (χ0n) is 36.0. The molecule has 0 radical (unpaired) electrons. The van der Waals surface area contributed by atoms with Gasteiger partial charge in [-0.25, -0.2) is 0 Å². The normalized spacial score (nSPS) is 14.4. The molecule has 11 aromatic rings. The van der Waals surface area contributed by atoms with E-state index in [9.17, 15) is 2.74 Å². The predicted molar refractivity (Wildman–Crippen MR) is 218 cm³/mol. The largest absolute Gasteiger partial charge is 0.456 e. The van der Waals surface area contributed by atoms with Gasteiger partial charge in [0.25, 0.3) is 0 Å². The molecule has 0 saturated heterocycles. The maximum atomic E-state index is 9.45. The van der Waals surface area contributed by atoms with Crippen molar-refractivity contribution in [2.75, 3.05) is 0 Å². The maximum absolute atomic E-state index is 9.45. The number of furan rings is 1. The predicted octanol–water partition coefficient (Wildman–Crippen LogP) is 14.4. The van der Waals surface area contributed by atoms with Crippen LogP contribution in [0.2, 0.25) is 0 Å². The van der Waals surface area contributed by atoms with E-state index in [4.69, 9.17) is 14.0 Å². The van der Waals surface area contributed by atoms with E-state index >= 15 is 0 Å². The molecule has 0 fully saturated rings. The summed E-state index contributed by atoms with van der Waals surface area (Å²) in [6.45, 7) is 0. The van der Waals surface area contributed by atoms with Gasteiger partial charge in [-0.2, -0.15) is 0 Å². The smallest absolute Gasteiger partial charge is 0.136 e. The lowest BCUT2D eigenvalue weighted by atomic mass is 9.83. The first kappa shape index (κ1) is 20.7. The Hall–Kier alpha value is -6.70. The summed E-state index contributed by atoms with van der Waals surface area (Å²) in [5.74, 6) is 0. The summed E-state index contributed by atoms with van der Waals surface area (Å²) in [5, 5.41) is 8.17. The highest BCUT2D eigenvalue weighted by atomic mass is 16.3. The molecule has 1 aromatic heterocycles. The molecule has 0 atom stereocenters. The minimum Gasteiger partial charge on any atom is -0.456 e. The number of benzene rings is 10. The molecule has 51 heavy (non-hydrogen) atoms. The van der Waals surface area contributed by atoms with Gasteiger partial charge in [0.2, 0.25) is 0 Å². The molecule has 0 aliphatic heterocycles. The molecule has 0 aliphatic rings. The van der Waals surface area contributed by atoms with E-state index in [2.05, 4.69) is 72.8 Å². The summed E-state index contributed by atoms with van der Waals surface area (Å²) in [5.41, 5.74) is 4.57. The molecule has 11 rings (SSSR count). The molecule has 0 spiro atoms. The van der Waals surface area contributed by atoms with Gasteiger partial charge in [-0.05, 0) is 124 Å². The third kappa shape index (κ3) is 4.28. The van der Waals surface area contributed by atoms with Gasteiger partial charge in [0, 0.05) is 10.8 Å². The number of hydrogen-bond donors (Lipinski definition) is 0. The highest BCUT2D eigenvalue weighted by Crippen LogP contribution is 2.47. The van der Waals surface area contributed by atoms with Gasteiger partial charge in [0.15, 0.2) is 0 Å². The van der Waals surface area contributed by atoms with Crippen LogP contribution >= 0.6 is 0 Å². The van der Waals surface area contributed by atoms with E-state index in [0.29, 0.717) is 5.56 Å². The Morgan fingerprint density at radius 2 is 0.980 bits per heavy atom. The fourth-order valence-corrected chi connectivity index (χ4v) is 7.87. The zero-order chi connectivity index (χ0) is 41.3. The topological polar surface area (TPSA) is 13.1 Å². The van der Waals surface area contributed by atoms with Gasteiger partial charge in [-0.3, -0.25) is 0 Å². The van der Waals surface area contributed by atoms with Gasteiger partial charge in [-0.1, -0.05) is 145 Å². The minimum absolute atomic E-state index is 0.0508. The first-order valence-electron chi connectivity index (χ1n) is 21.4. The monoisotopic (exact) mass is 655 g/mol. The second kappa shape index (κ2) is 10.9.